The number of alkyl halides is 3. The van der Waals surface area contributed by atoms with Crippen molar-refractivity contribution in [2.75, 3.05) is 0 Å². The van der Waals surface area contributed by atoms with Crippen LogP contribution < -0.4 is 0 Å². The van der Waals surface area contributed by atoms with Gasteiger partial charge in [0.25, 0.3) is 0 Å². The average Bonchev–Trinajstić information content (AvgIpc) is 2.11. The van der Waals surface area contributed by atoms with Gasteiger partial charge in [0, 0.05) is 0 Å². The van der Waals surface area contributed by atoms with Gasteiger partial charge in [-0.25, -0.2) is 4.98 Å². The van der Waals surface area contributed by atoms with Crippen molar-refractivity contribution >= 4 is 11.3 Å². The Balaban J connectivity index is 2.96. The van der Waals surface area contributed by atoms with E-state index < -0.39 is 11.9 Å². The van der Waals surface area contributed by atoms with E-state index in [1.54, 1.807) is 0 Å². The zero-order valence-corrected chi connectivity index (χ0v) is 5.81. The number of hydrogen-bond donors (Lipinski definition) is 0. The molecule has 1 aromatic rings. The van der Waals surface area contributed by atoms with Crippen LogP contribution in [0.1, 0.15) is 10.7 Å². The summed E-state index contributed by atoms with van der Waals surface area (Å²) in [5.74, 6) is 0. The predicted molar refractivity (Wildman–Crippen MR) is 30.7 cm³/mol. The topological polar surface area (TPSA) is 12.9 Å². The molecule has 1 heterocycles. The van der Waals surface area contributed by atoms with Crippen molar-refractivity contribution in [1.29, 1.82) is 0 Å². The Hall–Kier alpha value is -0.580. The molecule has 10 heavy (non-hydrogen) atoms. The molecule has 1 nitrogen and oxygen atoms in total. The fraction of sp³-hybridized carbons (Fsp3) is 0.400. The molecule has 0 atom stereocenters. The molecule has 0 aliphatic rings. The van der Waals surface area contributed by atoms with Crippen LogP contribution in [-0.4, -0.2) is 4.98 Å². The summed E-state index contributed by atoms with van der Waals surface area (Å²) in [6.45, 7) is 1.51. The highest BCUT2D eigenvalue weighted by atomic mass is 32.1. The van der Waals surface area contributed by atoms with Crippen LogP contribution in [0.25, 0.3) is 0 Å². The summed E-state index contributed by atoms with van der Waals surface area (Å²) in [4.78, 5) is 3.22. The van der Waals surface area contributed by atoms with Gasteiger partial charge in [-0.1, -0.05) is 0 Å². The highest BCUT2D eigenvalue weighted by Gasteiger charge is 2.33. The Morgan fingerprint density at radius 1 is 1.50 bits per heavy atom. The zero-order chi connectivity index (χ0) is 7.78. The first-order valence-electron chi connectivity index (χ1n) is 2.42. The fourth-order valence-corrected chi connectivity index (χ4v) is 0.989. The van der Waals surface area contributed by atoms with Crippen LogP contribution in [0, 0.1) is 12.3 Å². The van der Waals surface area contributed by atoms with Crippen LogP contribution in [-0.2, 0) is 6.18 Å². The minimum Gasteiger partial charge on any atom is -0.236 e. The molecule has 0 spiro atoms. The fourth-order valence-electron chi connectivity index (χ4n) is 0.447. The molecule has 0 aromatic carbocycles. The molecular weight excluding hydrogens is 163 g/mol. The molecule has 0 bridgehead atoms. The quantitative estimate of drug-likeness (QED) is 0.576. The van der Waals surface area contributed by atoms with E-state index >= 15 is 0 Å². The van der Waals surface area contributed by atoms with Gasteiger partial charge in [0.2, 0.25) is 0 Å². The monoisotopic (exact) mass is 166 g/mol. The van der Waals surface area contributed by atoms with Crippen LogP contribution in [0.15, 0.2) is 0 Å². The third-order valence-electron chi connectivity index (χ3n) is 0.833. The Labute approximate surface area is 59.5 Å². The highest BCUT2D eigenvalue weighted by molar-refractivity contribution is 7.09. The number of nitrogens with zero attached hydrogens (tertiary/aromatic N) is 1. The molecule has 0 saturated carbocycles. The van der Waals surface area contributed by atoms with Gasteiger partial charge < -0.3 is 0 Å². The molecule has 1 rings (SSSR count). The van der Waals surface area contributed by atoms with Crippen molar-refractivity contribution in [3.8, 4) is 0 Å². The van der Waals surface area contributed by atoms with Gasteiger partial charge in [-0.15, -0.1) is 11.3 Å². The van der Waals surface area contributed by atoms with Crippen molar-refractivity contribution in [2.24, 2.45) is 0 Å². The molecule has 1 radical (unpaired) electrons. The first-order valence-corrected chi connectivity index (χ1v) is 3.24. The van der Waals surface area contributed by atoms with Crippen LogP contribution in [0.2, 0.25) is 0 Å². The van der Waals surface area contributed by atoms with Crippen molar-refractivity contribution < 1.29 is 13.2 Å². The maximum absolute atomic E-state index is 11.7. The standard InChI is InChI=1S/C5H3F3NS/c1-3-9-4(2-10-3)5(6,7)8/h1H3. The van der Waals surface area contributed by atoms with Gasteiger partial charge in [0.15, 0.2) is 5.69 Å². The third kappa shape index (κ3) is 1.47. The summed E-state index contributed by atoms with van der Waals surface area (Å²) in [5.41, 5.74) is -0.921. The van der Waals surface area contributed by atoms with Gasteiger partial charge in [0.1, 0.15) is 0 Å². The van der Waals surface area contributed by atoms with Crippen molar-refractivity contribution in [3.05, 3.63) is 16.1 Å². The maximum Gasteiger partial charge on any atom is 0.434 e. The number of aromatic nitrogens is 1. The first-order chi connectivity index (χ1) is 4.50. The molecule has 0 amide bonds. The number of hydrogen-bond acceptors (Lipinski definition) is 2. The Morgan fingerprint density at radius 3 is 2.30 bits per heavy atom. The molecule has 0 aliphatic carbocycles. The van der Waals surface area contributed by atoms with Gasteiger partial charge in [0.05, 0.1) is 10.4 Å². The highest BCUT2D eigenvalue weighted by Crippen LogP contribution is 2.28. The number of halogens is 3. The van der Waals surface area contributed by atoms with Crippen molar-refractivity contribution in [1.82, 2.24) is 4.98 Å². The summed E-state index contributed by atoms with van der Waals surface area (Å²) in [5, 5.41) is 2.43. The Morgan fingerprint density at radius 2 is 2.10 bits per heavy atom. The van der Waals surface area contributed by atoms with Crippen molar-refractivity contribution in [3.63, 3.8) is 0 Å². The normalized spacial score (nSPS) is 12.0. The van der Waals surface area contributed by atoms with E-state index in [2.05, 4.69) is 10.4 Å². The molecular formula is C5H3F3NS. The lowest BCUT2D eigenvalue weighted by Gasteiger charge is -1.98. The maximum atomic E-state index is 11.7. The summed E-state index contributed by atoms with van der Waals surface area (Å²) in [7, 11) is 0. The first kappa shape index (κ1) is 7.53. The average molecular weight is 166 g/mol. The molecule has 0 saturated heterocycles. The van der Waals surface area contributed by atoms with Gasteiger partial charge in [-0.2, -0.15) is 13.2 Å². The van der Waals surface area contributed by atoms with Gasteiger partial charge >= 0.3 is 6.18 Å². The van der Waals surface area contributed by atoms with E-state index in [1.807, 2.05) is 0 Å². The van der Waals surface area contributed by atoms with Crippen LogP contribution in [0.3, 0.4) is 0 Å². The largest absolute Gasteiger partial charge is 0.434 e. The lowest BCUT2D eigenvalue weighted by atomic mass is 10.5. The smallest absolute Gasteiger partial charge is 0.236 e. The second-order valence-corrected chi connectivity index (χ2v) is 2.68. The molecule has 55 valence electrons. The molecule has 1 aromatic heterocycles. The Bertz CT molecular complexity index is 227. The summed E-state index contributed by atoms with van der Waals surface area (Å²) < 4.78 is 35.1. The van der Waals surface area contributed by atoms with E-state index in [1.165, 1.54) is 6.92 Å². The summed E-state index contributed by atoms with van der Waals surface area (Å²) in [6.07, 6.45) is -4.34. The van der Waals surface area contributed by atoms with E-state index in [9.17, 15) is 13.2 Å². The summed E-state index contributed by atoms with van der Waals surface area (Å²) in [6, 6.07) is 0. The second-order valence-electron chi connectivity index (χ2n) is 1.68. The molecule has 0 unspecified atom stereocenters. The minimum absolute atomic E-state index is 0.382. The second kappa shape index (κ2) is 2.23. The van der Waals surface area contributed by atoms with Crippen LogP contribution >= 0.6 is 11.3 Å². The lowest BCUT2D eigenvalue weighted by molar-refractivity contribution is -0.141. The van der Waals surface area contributed by atoms with E-state index in [4.69, 9.17) is 0 Å². The zero-order valence-electron chi connectivity index (χ0n) is 4.99. The predicted octanol–water partition coefficient (Wildman–Crippen LogP) is 2.27. The SMILES string of the molecule is Cc1nc(C(F)(F)F)[c]s1. The third-order valence-corrected chi connectivity index (χ3v) is 1.52. The van der Waals surface area contributed by atoms with E-state index in [-0.39, 0.29) is 0 Å². The summed E-state index contributed by atoms with van der Waals surface area (Å²) >= 11 is 0.875. The minimum atomic E-state index is -4.34. The number of aryl methyl sites for hydroxylation is 1. The number of thiazole rings is 1. The van der Waals surface area contributed by atoms with Crippen LogP contribution in [0.5, 0.6) is 0 Å². The van der Waals surface area contributed by atoms with Crippen molar-refractivity contribution in [2.45, 2.75) is 13.1 Å². The lowest BCUT2D eigenvalue weighted by Crippen LogP contribution is -2.04. The number of rotatable bonds is 0. The van der Waals surface area contributed by atoms with Gasteiger partial charge in [-0.3, -0.25) is 0 Å². The van der Waals surface area contributed by atoms with Gasteiger partial charge in [-0.05, 0) is 6.92 Å². The van der Waals surface area contributed by atoms with E-state index in [0.29, 0.717) is 5.01 Å². The Kier molecular flexibility index (Phi) is 1.68. The van der Waals surface area contributed by atoms with E-state index in [0.717, 1.165) is 11.3 Å². The molecule has 0 aliphatic heterocycles. The molecule has 0 N–H and O–H groups in total. The molecule has 5 heteroatoms. The molecule has 0 fully saturated rings. The van der Waals surface area contributed by atoms with Crippen LogP contribution in [0.4, 0.5) is 13.2 Å².